The minimum Gasteiger partial charge on any atom is -0.467 e. The summed E-state index contributed by atoms with van der Waals surface area (Å²) in [6.07, 6.45) is 3.07. The minimum absolute atomic E-state index is 0.0158. The van der Waals surface area contributed by atoms with Gasteiger partial charge in [0.25, 0.3) is 5.56 Å². The molecule has 30 heavy (non-hydrogen) atoms. The third-order valence-corrected chi connectivity index (χ3v) is 5.65. The molecule has 0 aliphatic rings. The molecule has 1 N–H and O–H groups in total. The number of nitrogens with zero attached hydrogens (tertiary/aromatic N) is 3. The maximum atomic E-state index is 13.1. The number of hydrogen-bond donors (Lipinski definition) is 1. The maximum absolute atomic E-state index is 13.1. The Morgan fingerprint density at radius 1 is 1.20 bits per heavy atom. The number of amides is 1. The molecule has 1 amide bonds. The highest BCUT2D eigenvalue weighted by molar-refractivity contribution is 7.99. The third kappa shape index (κ3) is 4.51. The van der Waals surface area contributed by atoms with E-state index in [0.717, 1.165) is 11.8 Å². The number of rotatable bonds is 6. The zero-order valence-electron chi connectivity index (χ0n) is 15.3. The first kappa shape index (κ1) is 20.5. The van der Waals surface area contributed by atoms with Gasteiger partial charge in [-0.15, -0.1) is 0 Å². The van der Waals surface area contributed by atoms with Crippen LogP contribution < -0.4 is 10.9 Å². The van der Waals surface area contributed by atoms with Gasteiger partial charge in [-0.1, -0.05) is 35.0 Å². The average Bonchev–Trinajstić information content (AvgIpc) is 3.23. The summed E-state index contributed by atoms with van der Waals surface area (Å²) in [6.45, 7) is 0.190. The van der Waals surface area contributed by atoms with Crippen molar-refractivity contribution in [3.05, 3.63) is 81.2 Å². The van der Waals surface area contributed by atoms with Crippen molar-refractivity contribution in [2.24, 2.45) is 0 Å². The van der Waals surface area contributed by atoms with Crippen LogP contribution in [0.5, 0.6) is 0 Å². The van der Waals surface area contributed by atoms with E-state index in [-0.39, 0.29) is 28.9 Å². The molecule has 0 aliphatic heterocycles. The highest BCUT2D eigenvalue weighted by atomic mass is 35.5. The van der Waals surface area contributed by atoms with Crippen molar-refractivity contribution in [2.45, 2.75) is 11.7 Å². The molecule has 0 fully saturated rings. The Morgan fingerprint density at radius 2 is 2.07 bits per heavy atom. The Morgan fingerprint density at radius 3 is 2.83 bits per heavy atom. The van der Waals surface area contributed by atoms with Gasteiger partial charge in [-0.2, -0.15) is 0 Å². The quantitative estimate of drug-likeness (QED) is 0.259. The molecular weight excluding hydrogens is 447 g/mol. The van der Waals surface area contributed by atoms with Crippen LogP contribution in [0.4, 0.5) is 5.69 Å². The van der Waals surface area contributed by atoms with Crippen LogP contribution in [0.2, 0.25) is 10.2 Å². The molecule has 4 rings (SSSR count). The number of thioether (sulfide) groups is 1. The third-order valence-electron chi connectivity index (χ3n) is 4.14. The second kappa shape index (κ2) is 8.91. The van der Waals surface area contributed by atoms with Crippen LogP contribution in [-0.2, 0) is 11.3 Å². The van der Waals surface area contributed by atoms with E-state index in [1.807, 2.05) is 0 Å². The van der Waals surface area contributed by atoms with Gasteiger partial charge >= 0.3 is 0 Å². The van der Waals surface area contributed by atoms with E-state index in [0.29, 0.717) is 32.5 Å². The highest BCUT2D eigenvalue weighted by Gasteiger charge is 2.15. The molecule has 0 radical (unpaired) electrons. The molecule has 0 bridgehead atoms. The lowest BCUT2D eigenvalue weighted by atomic mass is 10.2. The van der Waals surface area contributed by atoms with Crippen LogP contribution in [0.15, 0.2) is 69.3 Å². The summed E-state index contributed by atoms with van der Waals surface area (Å²) in [5, 5.41) is 4.17. The number of carbonyl (C=O) groups is 1. The molecule has 4 aromatic rings. The van der Waals surface area contributed by atoms with Gasteiger partial charge in [0.2, 0.25) is 5.91 Å². The van der Waals surface area contributed by atoms with Gasteiger partial charge < -0.3 is 9.73 Å². The van der Waals surface area contributed by atoms with E-state index in [9.17, 15) is 9.59 Å². The minimum atomic E-state index is -0.306. The van der Waals surface area contributed by atoms with Crippen LogP contribution in [0.1, 0.15) is 5.76 Å². The van der Waals surface area contributed by atoms with E-state index in [1.165, 1.54) is 17.0 Å². The van der Waals surface area contributed by atoms with Crippen LogP contribution in [0, 0.1) is 0 Å². The monoisotopic (exact) mass is 460 g/mol. The predicted octanol–water partition coefficient (Wildman–Crippen LogP) is 4.47. The Labute approximate surface area is 185 Å². The van der Waals surface area contributed by atoms with Crippen LogP contribution >= 0.6 is 35.0 Å². The topological polar surface area (TPSA) is 90.0 Å². The summed E-state index contributed by atoms with van der Waals surface area (Å²) >= 11 is 13.2. The zero-order chi connectivity index (χ0) is 21.1. The van der Waals surface area contributed by atoms with Crippen molar-refractivity contribution in [1.82, 2.24) is 14.5 Å². The van der Waals surface area contributed by atoms with E-state index >= 15 is 0 Å². The van der Waals surface area contributed by atoms with Gasteiger partial charge in [0.1, 0.15) is 5.76 Å². The Balaban J connectivity index is 1.63. The molecule has 3 aromatic heterocycles. The second-order valence-corrected chi connectivity index (χ2v) is 7.94. The van der Waals surface area contributed by atoms with Crippen LogP contribution in [0.25, 0.3) is 10.9 Å². The Kier molecular flexibility index (Phi) is 6.08. The lowest BCUT2D eigenvalue weighted by Crippen LogP contribution is -2.24. The first-order valence-corrected chi connectivity index (χ1v) is 10.5. The number of benzene rings is 1. The fraction of sp³-hybridized carbons (Fsp3) is 0.100. The fourth-order valence-electron chi connectivity index (χ4n) is 2.78. The van der Waals surface area contributed by atoms with Crippen molar-refractivity contribution < 1.29 is 9.21 Å². The average molecular weight is 461 g/mol. The molecule has 3 heterocycles. The highest BCUT2D eigenvalue weighted by Crippen LogP contribution is 2.23. The molecule has 0 spiro atoms. The Hall–Kier alpha value is -2.81. The number of furan rings is 1. The standard InChI is InChI=1S/C20H14Cl2N4O3S/c21-12-5-6-14-16(9-12)25-20(26(19(14)28)10-13-3-2-8-29-13)30-11-17(27)24-15-4-1-7-23-18(15)22/h1-9H,10-11H2,(H,24,27). The van der Waals surface area contributed by atoms with Crippen molar-refractivity contribution in [3.63, 3.8) is 0 Å². The predicted molar refractivity (Wildman–Crippen MR) is 117 cm³/mol. The fourth-order valence-corrected chi connectivity index (χ4v) is 3.91. The first-order chi connectivity index (χ1) is 14.5. The van der Waals surface area contributed by atoms with Gasteiger partial charge in [0.05, 0.1) is 35.2 Å². The molecule has 10 heteroatoms. The van der Waals surface area contributed by atoms with Gasteiger partial charge in [-0.25, -0.2) is 9.97 Å². The summed E-state index contributed by atoms with van der Waals surface area (Å²) in [7, 11) is 0. The van der Waals surface area contributed by atoms with E-state index in [1.54, 1.807) is 42.5 Å². The van der Waals surface area contributed by atoms with E-state index < -0.39 is 0 Å². The lowest BCUT2D eigenvalue weighted by molar-refractivity contribution is -0.113. The normalized spacial score (nSPS) is 11.0. The van der Waals surface area contributed by atoms with Crippen molar-refractivity contribution in [3.8, 4) is 0 Å². The number of anilines is 1. The van der Waals surface area contributed by atoms with E-state index in [2.05, 4.69) is 15.3 Å². The summed E-state index contributed by atoms with van der Waals surface area (Å²) in [6, 6.07) is 11.7. The second-order valence-electron chi connectivity index (χ2n) is 6.21. The molecule has 1 aromatic carbocycles. The lowest BCUT2D eigenvalue weighted by Gasteiger charge is -2.12. The number of pyridine rings is 1. The number of aromatic nitrogens is 3. The Bertz CT molecular complexity index is 1280. The summed E-state index contributed by atoms with van der Waals surface area (Å²) in [5.41, 5.74) is 0.628. The molecular formula is C20H14Cl2N4O3S. The van der Waals surface area contributed by atoms with E-state index in [4.69, 9.17) is 27.6 Å². The smallest absolute Gasteiger partial charge is 0.262 e. The molecule has 0 saturated heterocycles. The SMILES string of the molecule is O=C(CSc1nc2cc(Cl)ccc2c(=O)n1Cc1ccco1)Nc1cccnc1Cl. The number of halogens is 2. The van der Waals surface area contributed by atoms with Crippen molar-refractivity contribution in [2.75, 3.05) is 11.1 Å². The first-order valence-electron chi connectivity index (χ1n) is 8.77. The number of carbonyl (C=O) groups excluding carboxylic acids is 1. The van der Waals surface area contributed by atoms with Crippen molar-refractivity contribution in [1.29, 1.82) is 0 Å². The molecule has 0 unspecified atom stereocenters. The van der Waals surface area contributed by atoms with Crippen LogP contribution in [0.3, 0.4) is 0 Å². The van der Waals surface area contributed by atoms with Crippen molar-refractivity contribution >= 4 is 57.5 Å². The number of fused-ring (bicyclic) bond motifs is 1. The molecule has 0 atom stereocenters. The number of nitrogens with one attached hydrogen (secondary N) is 1. The van der Waals surface area contributed by atoms with Crippen LogP contribution in [-0.4, -0.2) is 26.2 Å². The van der Waals surface area contributed by atoms with Gasteiger partial charge in [-0.3, -0.25) is 14.2 Å². The van der Waals surface area contributed by atoms with Gasteiger partial charge in [-0.05, 0) is 42.5 Å². The molecule has 7 nitrogen and oxygen atoms in total. The maximum Gasteiger partial charge on any atom is 0.262 e. The largest absolute Gasteiger partial charge is 0.467 e. The molecule has 0 aliphatic carbocycles. The number of hydrogen-bond acceptors (Lipinski definition) is 6. The molecule has 0 saturated carbocycles. The molecule has 152 valence electrons. The van der Waals surface area contributed by atoms with Gasteiger partial charge in [0.15, 0.2) is 10.3 Å². The summed E-state index contributed by atoms with van der Waals surface area (Å²) < 4.78 is 6.85. The summed E-state index contributed by atoms with van der Waals surface area (Å²) in [5.74, 6) is 0.308. The zero-order valence-corrected chi connectivity index (χ0v) is 17.7. The summed E-state index contributed by atoms with van der Waals surface area (Å²) in [4.78, 5) is 33.9. The van der Waals surface area contributed by atoms with Gasteiger partial charge in [0, 0.05) is 11.2 Å².